The largest absolute Gasteiger partial charge is 0.480 e. The van der Waals surface area contributed by atoms with Crippen molar-refractivity contribution in [2.45, 2.75) is 37.6 Å². The summed E-state index contributed by atoms with van der Waals surface area (Å²) >= 11 is 0. The number of nitrogens with one attached hydrogen (secondary N) is 1. The smallest absolute Gasteiger partial charge is 0.324 e. The Morgan fingerprint density at radius 1 is 1.46 bits per heavy atom. The van der Waals surface area contributed by atoms with Crippen molar-refractivity contribution in [2.75, 3.05) is 7.05 Å². The monoisotopic (exact) mass is 183 g/mol. The van der Waals surface area contributed by atoms with Crippen molar-refractivity contribution < 1.29 is 9.90 Å². The highest BCUT2D eigenvalue weighted by atomic mass is 16.4. The van der Waals surface area contributed by atoms with Crippen molar-refractivity contribution in [2.24, 2.45) is 11.8 Å². The fourth-order valence-electron chi connectivity index (χ4n) is 2.86. The van der Waals surface area contributed by atoms with Gasteiger partial charge in [0.25, 0.3) is 0 Å². The second-order valence-electron chi connectivity index (χ2n) is 4.38. The fourth-order valence-corrected chi connectivity index (χ4v) is 2.86. The highest BCUT2D eigenvalue weighted by Crippen LogP contribution is 2.53. The van der Waals surface area contributed by atoms with Gasteiger partial charge in [0.15, 0.2) is 0 Å². The van der Waals surface area contributed by atoms with Crippen LogP contribution in [-0.4, -0.2) is 23.7 Å². The predicted molar refractivity (Wildman–Crippen MR) is 49.5 cm³/mol. The van der Waals surface area contributed by atoms with Gasteiger partial charge in [-0.3, -0.25) is 4.79 Å². The SMILES string of the molecule is CNC1(C(=O)O)CC1C1CCCC1. The second kappa shape index (κ2) is 2.98. The highest BCUT2D eigenvalue weighted by Gasteiger charge is 2.62. The molecule has 2 unspecified atom stereocenters. The van der Waals surface area contributed by atoms with Gasteiger partial charge in [-0.15, -0.1) is 0 Å². The summed E-state index contributed by atoms with van der Waals surface area (Å²) in [5.74, 6) is 0.410. The van der Waals surface area contributed by atoms with E-state index in [9.17, 15) is 4.79 Å². The first-order chi connectivity index (χ1) is 6.20. The third-order valence-corrected chi connectivity index (χ3v) is 3.81. The van der Waals surface area contributed by atoms with Crippen LogP contribution < -0.4 is 5.32 Å². The molecule has 13 heavy (non-hydrogen) atoms. The first-order valence-electron chi connectivity index (χ1n) is 5.13. The average Bonchev–Trinajstić information content (AvgIpc) is 2.63. The van der Waals surface area contributed by atoms with Crippen molar-refractivity contribution in [1.82, 2.24) is 5.32 Å². The lowest BCUT2D eigenvalue weighted by Gasteiger charge is -2.14. The quantitative estimate of drug-likeness (QED) is 0.692. The minimum Gasteiger partial charge on any atom is -0.480 e. The number of carboxylic acid groups (broad SMARTS) is 1. The topological polar surface area (TPSA) is 49.3 Å². The molecule has 0 aromatic heterocycles. The minimum atomic E-state index is -0.660. The second-order valence-corrected chi connectivity index (χ2v) is 4.38. The van der Waals surface area contributed by atoms with Gasteiger partial charge in [0.2, 0.25) is 0 Å². The van der Waals surface area contributed by atoms with Gasteiger partial charge < -0.3 is 10.4 Å². The lowest BCUT2D eigenvalue weighted by Crippen LogP contribution is -2.39. The van der Waals surface area contributed by atoms with Crippen LogP contribution in [-0.2, 0) is 4.79 Å². The summed E-state index contributed by atoms with van der Waals surface area (Å²) < 4.78 is 0. The molecular formula is C10H17NO2. The highest BCUT2D eigenvalue weighted by molar-refractivity contribution is 5.83. The zero-order valence-corrected chi connectivity index (χ0v) is 8.05. The van der Waals surface area contributed by atoms with Crippen LogP contribution in [0.4, 0.5) is 0 Å². The molecule has 0 amide bonds. The van der Waals surface area contributed by atoms with Crippen molar-refractivity contribution in [3.05, 3.63) is 0 Å². The van der Waals surface area contributed by atoms with Gasteiger partial charge >= 0.3 is 5.97 Å². The molecule has 0 spiro atoms. The maximum Gasteiger partial charge on any atom is 0.324 e. The van der Waals surface area contributed by atoms with E-state index in [1.165, 1.54) is 25.7 Å². The number of hydrogen-bond acceptors (Lipinski definition) is 2. The summed E-state index contributed by atoms with van der Waals surface area (Å²) in [7, 11) is 1.77. The van der Waals surface area contributed by atoms with E-state index >= 15 is 0 Å². The number of rotatable bonds is 3. The molecule has 0 radical (unpaired) electrons. The zero-order chi connectivity index (χ0) is 9.47. The van der Waals surface area contributed by atoms with Crippen LogP contribution in [0, 0.1) is 11.8 Å². The Balaban J connectivity index is 2.01. The number of aliphatic carboxylic acids is 1. The van der Waals surface area contributed by atoms with Crippen LogP contribution in [0.2, 0.25) is 0 Å². The third-order valence-electron chi connectivity index (χ3n) is 3.81. The maximum absolute atomic E-state index is 11.0. The van der Waals surface area contributed by atoms with Crippen LogP contribution in [0.1, 0.15) is 32.1 Å². The molecule has 0 bridgehead atoms. The Kier molecular flexibility index (Phi) is 2.06. The first-order valence-corrected chi connectivity index (χ1v) is 5.13. The third kappa shape index (κ3) is 1.26. The summed E-state index contributed by atoms with van der Waals surface area (Å²) in [6.07, 6.45) is 5.90. The van der Waals surface area contributed by atoms with E-state index in [-0.39, 0.29) is 0 Å². The summed E-state index contributed by atoms with van der Waals surface area (Å²) in [4.78, 5) is 11.0. The van der Waals surface area contributed by atoms with E-state index in [1.54, 1.807) is 7.05 Å². The molecule has 3 heteroatoms. The minimum absolute atomic E-state index is 0.400. The van der Waals surface area contributed by atoms with Crippen LogP contribution in [0.3, 0.4) is 0 Å². The van der Waals surface area contributed by atoms with Gasteiger partial charge in [-0.1, -0.05) is 25.7 Å². The Hall–Kier alpha value is -0.570. The maximum atomic E-state index is 11.0. The molecule has 2 N–H and O–H groups in total. The molecule has 2 aliphatic carbocycles. The van der Waals surface area contributed by atoms with Gasteiger partial charge in [-0.2, -0.15) is 0 Å². The van der Waals surface area contributed by atoms with E-state index in [4.69, 9.17) is 5.11 Å². The van der Waals surface area contributed by atoms with Crippen LogP contribution >= 0.6 is 0 Å². The van der Waals surface area contributed by atoms with E-state index < -0.39 is 11.5 Å². The lowest BCUT2D eigenvalue weighted by molar-refractivity contribution is -0.141. The predicted octanol–water partition coefficient (Wildman–Crippen LogP) is 1.24. The summed E-state index contributed by atoms with van der Waals surface area (Å²) in [6.45, 7) is 0. The van der Waals surface area contributed by atoms with Crippen LogP contribution in [0.5, 0.6) is 0 Å². The standard InChI is InChI=1S/C10H17NO2/c1-11-10(9(12)13)6-8(10)7-4-2-3-5-7/h7-8,11H,2-6H2,1H3,(H,12,13). The molecule has 0 aliphatic heterocycles. The molecule has 2 atom stereocenters. The van der Waals surface area contributed by atoms with Gasteiger partial charge in [0.05, 0.1) is 0 Å². The molecule has 0 aromatic carbocycles. The molecule has 2 fully saturated rings. The fraction of sp³-hybridized carbons (Fsp3) is 0.900. The average molecular weight is 183 g/mol. The molecular weight excluding hydrogens is 166 g/mol. The van der Waals surface area contributed by atoms with E-state index in [0.717, 1.165) is 6.42 Å². The van der Waals surface area contributed by atoms with E-state index in [0.29, 0.717) is 11.8 Å². The van der Waals surface area contributed by atoms with Gasteiger partial charge in [-0.25, -0.2) is 0 Å². The van der Waals surface area contributed by atoms with E-state index in [2.05, 4.69) is 5.32 Å². The van der Waals surface area contributed by atoms with Gasteiger partial charge in [0, 0.05) is 0 Å². The van der Waals surface area contributed by atoms with E-state index in [1.807, 2.05) is 0 Å². The molecule has 2 aliphatic rings. The van der Waals surface area contributed by atoms with Crippen molar-refractivity contribution in [1.29, 1.82) is 0 Å². The molecule has 2 saturated carbocycles. The number of hydrogen-bond donors (Lipinski definition) is 2. The molecule has 0 saturated heterocycles. The van der Waals surface area contributed by atoms with Gasteiger partial charge in [0.1, 0.15) is 5.54 Å². The number of carbonyl (C=O) groups is 1. The number of likely N-dealkylation sites (N-methyl/N-ethyl adjacent to an activating group) is 1. The molecule has 3 nitrogen and oxygen atoms in total. The van der Waals surface area contributed by atoms with Crippen LogP contribution in [0.25, 0.3) is 0 Å². The Morgan fingerprint density at radius 2 is 2.08 bits per heavy atom. The summed E-state index contributed by atoms with van der Waals surface area (Å²) in [5.41, 5.74) is -0.561. The Bertz CT molecular complexity index is 223. The normalized spacial score (nSPS) is 39.3. The first kappa shape index (κ1) is 9.00. The zero-order valence-electron chi connectivity index (χ0n) is 8.05. The van der Waals surface area contributed by atoms with Crippen molar-refractivity contribution in [3.63, 3.8) is 0 Å². The summed E-state index contributed by atoms with van der Waals surface area (Å²) in [6, 6.07) is 0. The Morgan fingerprint density at radius 3 is 2.46 bits per heavy atom. The Labute approximate surface area is 78.5 Å². The van der Waals surface area contributed by atoms with Crippen molar-refractivity contribution >= 4 is 5.97 Å². The number of carboxylic acids is 1. The molecule has 2 rings (SSSR count). The van der Waals surface area contributed by atoms with Crippen molar-refractivity contribution in [3.8, 4) is 0 Å². The molecule has 0 aromatic rings. The van der Waals surface area contributed by atoms with Gasteiger partial charge in [-0.05, 0) is 25.3 Å². The molecule has 74 valence electrons. The molecule has 0 heterocycles. The van der Waals surface area contributed by atoms with Crippen LogP contribution in [0.15, 0.2) is 0 Å². The lowest BCUT2D eigenvalue weighted by atomic mass is 9.98. The summed E-state index contributed by atoms with van der Waals surface area (Å²) in [5, 5.41) is 12.1.